The second-order valence-corrected chi connectivity index (χ2v) is 4.87. The highest BCUT2D eigenvalue weighted by Crippen LogP contribution is 2.14. The molecular formula is C15H23NO2. The Labute approximate surface area is 110 Å². The highest BCUT2D eigenvalue weighted by Gasteiger charge is 2.17. The van der Waals surface area contributed by atoms with Crippen molar-refractivity contribution in [2.24, 2.45) is 5.92 Å². The predicted molar refractivity (Wildman–Crippen MR) is 73.8 cm³/mol. The predicted octanol–water partition coefficient (Wildman–Crippen LogP) is 2.65. The van der Waals surface area contributed by atoms with Crippen molar-refractivity contribution in [3.63, 3.8) is 0 Å². The summed E-state index contributed by atoms with van der Waals surface area (Å²) in [6.07, 6.45) is 0.771. The van der Waals surface area contributed by atoms with Crippen LogP contribution in [0, 0.1) is 5.92 Å². The van der Waals surface area contributed by atoms with Crippen molar-refractivity contribution in [2.45, 2.75) is 33.3 Å². The smallest absolute Gasteiger partial charge is 0.338 e. The van der Waals surface area contributed by atoms with Gasteiger partial charge in [-0.25, -0.2) is 4.79 Å². The normalized spacial score (nSPS) is 12.5. The minimum atomic E-state index is -0.220. The molecule has 0 heterocycles. The van der Waals surface area contributed by atoms with Gasteiger partial charge in [0, 0.05) is 0 Å². The van der Waals surface area contributed by atoms with Gasteiger partial charge in [0.2, 0.25) is 0 Å². The summed E-state index contributed by atoms with van der Waals surface area (Å²) in [4.78, 5) is 12.1. The van der Waals surface area contributed by atoms with Gasteiger partial charge in [-0.3, -0.25) is 0 Å². The van der Waals surface area contributed by atoms with E-state index < -0.39 is 0 Å². The monoisotopic (exact) mass is 249 g/mol. The second-order valence-electron chi connectivity index (χ2n) is 4.87. The van der Waals surface area contributed by atoms with E-state index in [1.807, 2.05) is 52.1 Å². The lowest BCUT2D eigenvalue weighted by molar-refractivity contribution is 0.0237. The maximum Gasteiger partial charge on any atom is 0.338 e. The minimum Gasteiger partial charge on any atom is -0.459 e. The number of carbonyl (C=O) groups is 1. The summed E-state index contributed by atoms with van der Waals surface area (Å²) in [5, 5.41) is 3.09. The first-order valence-corrected chi connectivity index (χ1v) is 6.49. The number of likely N-dealkylation sites (N-methyl/N-ethyl adjacent to an activating group) is 1. The maximum atomic E-state index is 12.1. The first-order chi connectivity index (χ1) is 8.56. The van der Waals surface area contributed by atoms with Crippen LogP contribution in [0.3, 0.4) is 0 Å². The summed E-state index contributed by atoms with van der Waals surface area (Å²) >= 11 is 0. The molecule has 0 spiro atoms. The van der Waals surface area contributed by atoms with Crippen LogP contribution < -0.4 is 5.32 Å². The van der Waals surface area contributed by atoms with Gasteiger partial charge in [0.15, 0.2) is 0 Å². The van der Waals surface area contributed by atoms with E-state index in [0.717, 1.165) is 18.5 Å². The largest absolute Gasteiger partial charge is 0.459 e. The molecule has 0 aliphatic rings. The number of esters is 1. The van der Waals surface area contributed by atoms with Crippen LogP contribution in [-0.2, 0) is 11.2 Å². The molecule has 18 heavy (non-hydrogen) atoms. The molecule has 0 bridgehead atoms. The molecule has 0 aromatic heterocycles. The number of benzene rings is 1. The summed E-state index contributed by atoms with van der Waals surface area (Å²) in [5.74, 6) is 0.112. The highest BCUT2D eigenvalue weighted by atomic mass is 16.5. The van der Waals surface area contributed by atoms with Crippen molar-refractivity contribution in [1.82, 2.24) is 5.32 Å². The summed E-state index contributed by atoms with van der Waals surface area (Å²) in [5.41, 5.74) is 1.72. The van der Waals surface area contributed by atoms with E-state index in [9.17, 15) is 4.79 Å². The molecule has 0 amide bonds. The average molecular weight is 249 g/mol. The quantitative estimate of drug-likeness (QED) is 0.788. The number of rotatable bonds is 6. The summed E-state index contributed by atoms with van der Waals surface area (Å²) < 4.78 is 5.46. The van der Waals surface area contributed by atoms with Gasteiger partial charge in [-0.1, -0.05) is 32.0 Å². The molecule has 1 aromatic rings. The molecule has 3 nitrogen and oxygen atoms in total. The van der Waals surface area contributed by atoms with E-state index in [1.165, 1.54) is 0 Å². The number of nitrogens with one attached hydrogen (secondary N) is 1. The molecule has 0 radical (unpaired) electrons. The molecule has 0 saturated carbocycles. The van der Waals surface area contributed by atoms with Crippen LogP contribution in [-0.4, -0.2) is 25.7 Å². The fourth-order valence-corrected chi connectivity index (χ4v) is 1.57. The van der Waals surface area contributed by atoms with E-state index in [4.69, 9.17) is 4.74 Å². The molecule has 1 N–H and O–H groups in total. The van der Waals surface area contributed by atoms with Crippen LogP contribution in [0.5, 0.6) is 0 Å². The van der Waals surface area contributed by atoms with Crippen molar-refractivity contribution in [3.8, 4) is 0 Å². The number of carbonyl (C=O) groups excluding carboxylic acids is 1. The Morgan fingerprint density at radius 1 is 1.28 bits per heavy atom. The van der Waals surface area contributed by atoms with E-state index in [2.05, 4.69) is 5.32 Å². The molecule has 1 aromatic carbocycles. The second kappa shape index (κ2) is 7.17. The highest BCUT2D eigenvalue weighted by molar-refractivity contribution is 5.91. The summed E-state index contributed by atoms with van der Waals surface area (Å²) in [6, 6.07) is 7.64. The van der Waals surface area contributed by atoms with E-state index >= 15 is 0 Å². The van der Waals surface area contributed by atoms with Gasteiger partial charge >= 0.3 is 5.97 Å². The first-order valence-electron chi connectivity index (χ1n) is 6.49. The zero-order chi connectivity index (χ0) is 13.5. The Morgan fingerprint density at radius 3 is 2.56 bits per heavy atom. The van der Waals surface area contributed by atoms with Crippen LogP contribution >= 0.6 is 0 Å². The van der Waals surface area contributed by atoms with E-state index in [1.54, 1.807) is 0 Å². The number of hydrogen-bond acceptors (Lipinski definition) is 3. The lowest BCUT2D eigenvalue weighted by Gasteiger charge is -2.17. The minimum absolute atomic E-state index is 0.0603. The van der Waals surface area contributed by atoms with Crippen molar-refractivity contribution < 1.29 is 9.53 Å². The van der Waals surface area contributed by atoms with Gasteiger partial charge in [-0.2, -0.15) is 0 Å². The van der Waals surface area contributed by atoms with Crippen molar-refractivity contribution in [1.29, 1.82) is 0 Å². The van der Waals surface area contributed by atoms with Crippen LogP contribution in [0.15, 0.2) is 24.3 Å². The molecule has 1 unspecified atom stereocenters. The molecule has 0 saturated heterocycles. The summed E-state index contributed by atoms with van der Waals surface area (Å²) in [6.45, 7) is 6.87. The van der Waals surface area contributed by atoms with Crippen molar-refractivity contribution in [3.05, 3.63) is 35.4 Å². The third kappa shape index (κ3) is 4.15. The van der Waals surface area contributed by atoms with Crippen molar-refractivity contribution >= 4 is 5.97 Å². The molecule has 1 rings (SSSR count). The number of hydrogen-bond donors (Lipinski definition) is 1. The van der Waals surface area contributed by atoms with Gasteiger partial charge in [-0.05, 0) is 44.5 Å². The molecule has 0 fully saturated rings. The van der Waals surface area contributed by atoms with Gasteiger partial charge in [0.1, 0.15) is 6.10 Å². The molecule has 0 aliphatic carbocycles. The number of ether oxygens (including phenoxy) is 1. The van der Waals surface area contributed by atoms with Gasteiger partial charge in [0.25, 0.3) is 0 Å². The molecule has 3 heteroatoms. The Morgan fingerprint density at radius 2 is 1.94 bits per heavy atom. The van der Waals surface area contributed by atoms with Crippen LogP contribution in [0.25, 0.3) is 0 Å². The topological polar surface area (TPSA) is 38.3 Å². The fourth-order valence-electron chi connectivity index (χ4n) is 1.57. The van der Waals surface area contributed by atoms with Crippen LogP contribution in [0.4, 0.5) is 0 Å². The van der Waals surface area contributed by atoms with Gasteiger partial charge in [0.05, 0.1) is 5.56 Å². The third-order valence-electron chi connectivity index (χ3n) is 3.11. The fraction of sp³-hybridized carbons (Fsp3) is 0.533. The lowest BCUT2D eigenvalue weighted by Crippen LogP contribution is -2.21. The Bertz CT molecular complexity index is 388. The SMILES string of the molecule is CNCCc1ccccc1C(=O)OC(C)C(C)C. The molecule has 1 atom stereocenters. The third-order valence-corrected chi connectivity index (χ3v) is 3.11. The summed E-state index contributed by atoms with van der Waals surface area (Å²) in [7, 11) is 1.90. The van der Waals surface area contributed by atoms with Gasteiger partial charge in [-0.15, -0.1) is 0 Å². The first kappa shape index (κ1) is 14.7. The van der Waals surface area contributed by atoms with Crippen molar-refractivity contribution in [2.75, 3.05) is 13.6 Å². The van der Waals surface area contributed by atoms with E-state index in [0.29, 0.717) is 11.5 Å². The van der Waals surface area contributed by atoms with Crippen LogP contribution in [0.2, 0.25) is 0 Å². The Hall–Kier alpha value is -1.35. The lowest BCUT2D eigenvalue weighted by atomic mass is 10.0. The zero-order valence-corrected chi connectivity index (χ0v) is 11.7. The standard InChI is InChI=1S/C15H23NO2/c1-11(2)12(3)18-15(17)14-8-6-5-7-13(14)9-10-16-4/h5-8,11-12,16H,9-10H2,1-4H3. The molecule has 100 valence electrons. The van der Waals surface area contributed by atoms with E-state index in [-0.39, 0.29) is 12.1 Å². The Balaban J connectivity index is 2.78. The maximum absolute atomic E-state index is 12.1. The van der Waals surface area contributed by atoms with Gasteiger partial charge < -0.3 is 10.1 Å². The Kier molecular flexibility index (Phi) is 5.86. The average Bonchev–Trinajstić information content (AvgIpc) is 2.36. The molecule has 0 aliphatic heterocycles. The van der Waals surface area contributed by atoms with Crippen LogP contribution in [0.1, 0.15) is 36.7 Å². The zero-order valence-electron chi connectivity index (χ0n) is 11.7. The molecular weight excluding hydrogens is 226 g/mol.